The van der Waals surface area contributed by atoms with Crippen molar-refractivity contribution in [1.82, 2.24) is 10.3 Å². The molecule has 0 aliphatic heterocycles. The molecule has 1 amide bonds. The summed E-state index contributed by atoms with van der Waals surface area (Å²) in [7, 11) is 3.41. The van der Waals surface area contributed by atoms with Gasteiger partial charge in [-0.2, -0.15) is 0 Å². The van der Waals surface area contributed by atoms with Crippen LogP contribution in [0.5, 0.6) is 5.75 Å². The van der Waals surface area contributed by atoms with Gasteiger partial charge in [0.2, 0.25) is 0 Å². The Hall–Kier alpha value is -2.56. The van der Waals surface area contributed by atoms with Crippen molar-refractivity contribution in [2.24, 2.45) is 0 Å². The molecular weight excluding hydrogens is 266 g/mol. The second-order valence-electron chi connectivity index (χ2n) is 4.48. The number of ether oxygens (including phenoxy) is 1. The monoisotopic (exact) mass is 285 g/mol. The smallest absolute Gasteiger partial charge is 0.269 e. The summed E-state index contributed by atoms with van der Waals surface area (Å²) in [5.41, 5.74) is 1.47. The summed E-state index contributed by atoms with van der Waals surface area (Å²) in [4.78, 5) is 16.2. The van der Waals surface area contributed by atoms with Gasteiger partial charge in [-0.3, -0.25) is 4.79 Å². The van der Waals surface area contributed by atoms with Gasteiger partial charge in [-0.05, 0) is 30.2 Å². The summed E-state index contributed by atoms with van der Waals surface area (Å²) in [6, 6.07) is 13.1. The summed E-state index contributed by atoms with van der Waals surface area (Å²) in [5, 5.41) is 5.78. The zero-order valence-electron chi connectivity index (χ0n) is 12.2. The molecule has 0 atom stereocenters. The zero-order chi connectivity index (χ0) is 15.1. The molecule has 0 unspecified atom stereocenters. The predicted octanol–water partition coefficient (Wildman–Crippen LogP) is 2.10. The quantitative estimate of drug-likeness (QED) is 0.853. The number of anilines is 1. The number of aromatic nitrogens is 1. The molecule has 2 rings (SSSR count). The van der Waals surface area contributed by atoms with Gasteiger partial charge in [-0.15, -0.1) is 0 Å². The highest BCUT2D eigenvalue weighted by molar-refractivity contribution is 5.92. The lowest BCUT2D eigenvalue weighted by molar-refractivity contribution is 0.0949. The van der Waals surface area contributed by atoms with E-state index in [0.29, 0.717) is 24.5 Å². The standard InChI is InChI=1S/C16H19N3O2/c1-17-15-9-5-7-13(19-15)16(20)18-11-10-12-6-3-4-8-14(12)21-2/h3-9H,10-11H2,1-2H3,(H,17,19)(H,18,20). The van der Waals surface area contributed by atoms with E-state index < -0.39 is 0 Å². The van der Waals surface area contributed by atoms with Crippen molar-refractivity contribution in [3.63, 3.8) is 0 Å². The highest BCUT2D eigenvalue weighted by Crippen LogP contribution is 2.17. The minimum atomic E-state index is -0.179. The van der Waals surface area contributed by atoms with Gasteiger partial charge < -0.3 is 15.4 Å². The highest BCUT2D eigenvalue weighted by Gasteiger charge is 2.08. The maximum absolute atomic E-state index is 12.0. The third-order valence-electron chi connectivity index (χ3n) is 3.11. The van der Waals surface area contributed by atoms with E-state index in [0.717, 1.165) is 11.3 Å². The molecule has 0 saturated carbocycles. The fourth-order valence-corrected chi connectivity index (χ4v) is 2.01. The van der Waals surface area contributed by atoms with Crippen LogP contribution in [0.2, 0.25) is 0 Å². The first-order chi connectivity index (χ1) is 10.2. The Bertz CT molecular complexity index is 614. The number of nitrogens with zero attached hydrogens (tertiary/aromatic N) is 1. The van der Waals surface area contributed by atoms with Gasteiger partial charge in [0.05, 0.1) is 7.11 Å². The second kappa shape index (κ2) is 7.28. The maximum atomic E-state index is 12.0. The first kappa shape index (κ1) is 14.8. The van der Waals surface area contributed by atoms with Crippen molar-refractivity contribution in [2.45, 2.75) is 6.42 Å². The molecule has 1 aromatic carbocycles. The number of benzene rings is 1. The summed E-state index contributed by atoms with van der Waals surface area (Å²) >= 11 is 0. The Morgan fingerprint density at radius 1 is 1.19 bits per heavy atom. The van der Waals surface area contributed by atoms with Gasteiger partial charge in [0, 0.05) is 13.6 Å². The Kier molecular flexibility index (Phi) is 5.15. The van der Waals surface area contributed by atoms with Crippen molar-refractivity contribution in [3.8, 4) is 5.75 Å². The van der Waals surface area contributed by atoms with E-state index in [4.69, 9.17) is 4.74 Å². The second-order valence-corrected chi connectivity index (χ2v) is 4.48. The van der Waals surface area contributed by atoms with Crippen LogP contribution < -0.4 is 15.4 Å². The third kappa shape index (κ3) is 3.95. The molecule has 1 aromatic heterocycles. The minimum Gasteiger partial charge on any atom is -0.496 e. The first-order valence-electron chi connectivity index (χ1n) is 6.79. The molecule has 5 heteroatoms. The first-order valence-corrected chi connectivity index (χ1v) is 6.79. The molecule has 2 N–H and O–H groups in total. The van der Waals surface area contributed by atoms with Gasteiger partial charge in [-0.25, -0.2) is 4.98 Å². The van der Waals surface area contributed by atoms with Gasteiger partial charge in [0.15, 0.2) is 0 Å². The van der Waals surface area contributed by atoms with E-state index in [2.05, 4.69) is 15.6 Å². The van der Waals surface area contributed by atoms with E-state index in [1.165, 1.54) is 0 Å². The van der Waals surface area contributed by atoms with E-state index in [-0.39, 0.29) is 5.91 Å². The Morgan fingerprint density at radius 2 is 2.00 bits per heavy atom. The molecule has 0 radical (unpaired) electrons. The molecule has 0 aliphatic rings. The Labute approximate surface area is 124 Å². The molecule has 2 aromatic rings. The van der Waals surface area contributed by atoms with E-state index in [1.54, 1.807) is 26.3 Å². The van der Waals surface area contributed by atoms with Crippen molar-refractivity contribution in [2.75, 3.05) is 26.0 Å². The van der Waals surface area contributed by atoms with Crippen LogP contribution in [-0.2, 0) is 6.42 Å². The van der Waals surface area contributed by atoms with Gasteiger partial charge >= 0.3 is 0 Å². The number of nitrogens with one attached hydrogen (secondary N) is 2. The fourth-order valence-electron chi connectivity index (χ4n) is 2.01. The minimum absolute atomic E-state index is 0.179. The lowest BCUT2D eigenvalue weighted by Gasteiger charge is -2.09. The normalized spacial score (nSPS) is 10.0. The van der Waals surface area contributed by atoms with E-state index in [9.17, 15) is 4.79 Å². The van der Waals surface area contributed by atoms with Crippen LogP contribution in [0.25, 0.3) is 0 Å². The number of hydrogen-bond donors (Lipinski definition) is 2. The Balaban J connectivity index is 1.92. The maximum Gasteiger partial charge on any atom is 0.269 e. The molecule has 0 saturated heterocycles. The predicted molar refractivity (Wildman–Crippen MR) is 82.8 cm³/mol. The van der Waals surface area contributed by atoms with E-state index in [1.807, 2.05) is 30.3 Å². The number of carbonyl (C=O) groups excluding carboxylic acids is 1. The molecule has 110 valence electrons. The fraction of sp³-hybridized carbons (Fsp3) is 0.250. The largest absolute Gasteiger partial charge is 0.496 e. The zero-order valence-corrected chi connectivity index (χ0v) is 12.2. The topological polar surface area (TPSA) is 63.2 Å². The molecule has 0 bridgehead atoms. The van der Waals surface area contributed by atoms with Crippen LogP contribution in [0.15, 0.2) is 42.5 Å². The molecule has 21 heavy (non-hydrogen) atoms. The molecule has 0 aliphatic carbocycles. The van der Waals surface area contributed by atoms with Gasteiger partial charge in [0.1, 0.15) is 17.3 Å². The summed E-state index contributed by atoms with van der Waals surface area (Å²) in [5.74, 6) is 1.33. The number of methoxy groups -OCH3 is 1. The molecule has 5 nitrogen and oxygen atoms in total. The average molecular weight is 285 g/mol. The summed E-state index contributed by atoms with van der Waals surface area (Å²) < 4.78 is 5.28. The number of para-hydroxylation sites is 1. The van der Waals surface area contributed by atoms with Gasteiger partial charge in [-0.1, -0.05) is 24.3 Å². The summed E-state index contributed by atoms with van der Waals surface area (Å²) in [6.07, 6.45) is 0.710. The van der Waals surface area contributed by atoms with Crippen molar-refractivity contribution >= 4 is 11.7 Å². The van der Waals surface area contributed by atoms with Crippen LogP contribution in [0.1, 0.15) is 16.1 Å². The molecule has 0 spiro atoms. The van der Waals surface area contributed by atoms with Crippen LogP contribution in [0, 0.1) is 0 Å². The summed E-state index contributed by atoms with van der Waals surface area (Å²) in [6.45, 7) is 0.532. The number of pyridine rings is 1. The van der Waals surface area contributed by atoms with Gasteiger partial charge in [0.25, 0.3) is 5.91 Å². The van der Waals surface area contributed by atoms with Crippen LogP contribution in [-0.4, -0.2) is 31.6 Å². The molecule has 1 heterocycles. The highest BCUT2D eigenvalue weighted by atomic mass is 16.5. The number of amides is 1. The van der Waals surface area contributed by atoms with Crippen LogP contribution in [0.4, 0.5) is 5.82 Å². The third-order valence-corrected chi connectivity index (χ3v) is 3.11. The number of hydrogen-bond acceptors (Lipinski definition) is 4. The van der Waals surface area contributed by atoms with Crippen molar-refractivity contribution in [3.05, 3.63) is 53.7 Å². The molecular formula is C16H19N3O2. The lowest BCUT2D eigenvalue weighted by Crippen LogP contribution is -2.26. The SMILES string of the molecule is CNc1cccc(C(=O)NCCc2ccccc2OC)n1. The number of carbonyl (C=O) groups is 1. The molecule has 0 fully saturated rings. The van der Waals surface area contributed by atoms with E-state index >= 15 is 0 Å². The van der Waals surface area contributed by atoms with Crippen molar-refractivity contribution < 1.29 is 9.53 Å². The average Bonchev–Trinajstić information content (AvgIpc) is 2.55. The van der Waals surface area contributed by atoms with Crippen molar-refractivity contribution in [1.29, 1.82) is 0 Å². The lowest BCUT2D eigenvalue weighted by atomic mass is 10.1. The van der Waals surface area contributed by atoms with Crippen LogP contribution in [0.3, 0.4) is 0 Å². The number of rotatable bonds is 6. The Morgan fingerprint density at radius 3 is 2.76 bits per heavy atom. The van der Waals surface area contributed by atoms with Crippen LogP contribution >= 0.6 is 0 Å².